The Labute approximate surface area is 173 Å². The van der Waals surface area contributed by atoms with E-state index in [2.05, 4.69) is 43.3 Å². The zero-order valence-corrected chi connectivity index (χ0v) is 18.0. The number of ether oxygens (including phenoxy) is 1. The molecule has 4 nitrogen and oxygen atoms in total. The topological polar surface area (TPSA) is 63.6 Å². The molecule has 0 bridgehead atoms. The van der Waals surface area contributed by atoms with Crippen LogP contribution in [0.1, 0.15) is 56.6 Å². The van der Waals surface area contributed by atoms with E-state index in [0.29, 0.717) is 24.7 Å². The van der Waals surface area contributed by atoms with Gasteiger partial charge in [-0.2, -0.15) is 11.8 Å². The first kappa shape index (κ1) is 24.4. The largest absolute Gasteiger partial charge is 0.481 e. The molecule has 0 aromatic heterocycles. The van der Waals surface area contributed by atoms with Crippen LogP contribution >= 0.6 is 11.8 Å². The van der Waals surface area contributed by atoms with Crippen molar-refractivity contribution in [3.63, 3.8) is 0 Å². The summed E-state index contributed by atoms with van der Waals surface area (Å²) in [5, 5.41) is 8.20. The number of carbonyl (C=O) groups is 2. The second-order valence-electron chi connectivity index (χ2n) is 6.96. The summed E-state index contributed by atoms with van der Waals surface area (Å²) >= 11 is 1.79. The number of ketones is 1. The zero-order valence-electron chi connectivity index (χ0n) is 17.2. The highest BCUT2D eigenvalue weighted by Crippen LogP contribution is 2.23. The van der Waals surface area contributed by atoms with E-state index in [-0.39, 0.29) is 0 Å². The highest BCUT2D eigenvalue weighted by atomic mass is 32.2. The normalized spacial score (nSPS) is 16.2. The van der Waals surface area contributed by atoms with E-state index < -0.39 is 5.97 Å². The van der Waals surface area contributed by atoms with Crippen LogP contribution in [0.15, 0.2) is 36.4 Å². The fourth-order valence-corrected chi connectivity index (χ4v) is 3.69. The quantitative estimate of drug-likeness (QED) is 0.399. The average Bonchev–Trinajstić information content (AvgIpc) is 3.09. The van der Waals surface area contributed by atoms with Gasteiger partial charge in [0.1, 0.15) is 5.78 Å². The molecule has 0 amide bonds. The Kier molecular flexibility index (Phi) is 13.4. The van der Waals surface area contributed by atoms with Gasteiger partial charge in [0.25, 0.3) is 0 Å². The monoisotopic (exact) mass is 406 g/mol. The number of aryl methyl sites for hydroxylation is 1. The minimum absolute atomic E-state index is 0.312. The van der Waals surface area contributed by atoms with Crippen LogP contribution in [0.3, 0.4) is 0 Å². The molecular weight excluding hydrogens is 372 g/mol. The molecular formula is C23H34O4S. The minimum atomic E-state index is -0.688. The molecule has 0 unspecified atom stereocenters. The third-order valence-electron chi connectivity index (χ3n) is 4.48. The number of hydrogen-bond donors (Lipinski definition) is 1. The second kappa shape index (κ2) is 15.3. The van der Waals surface area contributed by atoms with Gasteiger partial charge < -0.3 is 9.84 Å². The number of hydrogen-bond acceptors (Lipinski definition) is 4. The number of aliphatic carboxylic acids is 1. The smallest absolute Gasteiger partial charge is 0.303 e. The second-order valence-corrected chi connectivity index (χ2v) is 8.35. The Balaban J connectivity index is 0.000000370. The van der Waals surface area contributed by atoms with Crippen molar-refractivity contribution in [1.29, 1.82) is 0 Å². The van der Waals surface area contributed by atoms with Crippen molar-refractivity contribution in [2.45, 2.75) is 58.5 Å². The lowest BCUT2D eigenvalue weighted by molar-refractivity contribution is -0.137. The fourth-order valence-electron chi connectivity index (χ4n) is 3.06. The molecule has 1 N–H and O–H groups in total. The van der Waals surface area contributed by atoms with Gasteiger partial charge in [-0.1, -0.05) is 43.3 Å². The number of methoxy groups -OCH3 is 1. The Morgan fingerprint density at radius 3 is 2.79 bits per heavy atom. The lowest BCUT2D eigenvalue weighted by Crippen LogP contribution is -1.94. The van der Waals surface area contributed by atoms with Crippen LogP contribution in [0.25, 0.3) is 0 Å². The summed E-state index contributed by atoms with van der Waals surface area (Å²) in [5.74, 6) is 2.28. The van der Waals surface area contributed by atoms with Gasteiger partial charge in [0.2, 0.25) is 0 Å². The van der Waals surface area contributed by atoms with Crippen molar-refractivity contribution in [1.82, 2.24) is 0 Å². The van der Waals surface area contributed by atoms with E-state index in [0.717, 1.165) is 50.0 Å². The van der Waals surface area contributed by atoms with Gasteiger partial charge in [-0.3, -0.25) is 9.59 Å². The molecule has 0 radical (unpaired) electrons. The van der Waals surface area contributed by atoms with Gasteiger partial charge >= 0.3 is 5.97 Å². The summed E-state index contributed by atoms with van der Waals surface area (Å²) in [6.07, 6.45) is 10.2. The maximum absolute atomic E-state index is 11.2. The first-order valence-corrected chi connectivity index (χ1v) is 11.2. The maximum atomic E-state index is 11.2. The third kappa shape index (κ3) is 12.0. The van der Waals surface area contributed by atoms with E-state index >= 15 is 0 Å². The van der Waals surface area contributed by atoms with Crippen molar-refractivity contribution in [3.8, 4) is 0 Å². The Hall–Kier alpha value is -1.59. The standard InChI is InChI=1S/C17H22O2.C6H12O2S/c1-19-13-16-8-4-7-14(11-16)5-2-3-6-15-9-10-17(18)12-15;1-2-9-5-3-4-6(7)8/h3-4,6-8,11,15H,2,5,9-10,12-13H2,1H3;2-5H2,1H3,(H,7,8)/b6-3+;/t15-;/m0./s1. The van der Waals surface area contributed by atoms with Gasteiger partial charge in [0, 0.05) is 26.4 Å². The molecule has 1 aliphatic rings. The molecule has 28 heavy (non-hydrogen) atoms. The molecule has 5 heteroatoms. The Morgan fingerprint density at radius 1 is 1.36 bits per heavy atom. The molecule has 1 fully saturated rings. The van der Waals surface area contributed by atoms with E-state index in [1.54, 1.807) is 18.9 Å². The molecule has 1 aliphatic carbocycles. The Morgan fingerprint density at radius 2 is 2.14 bits per heavy atom. The summed E-state index contributed by atoms with van der Waals surface area (Å²) < 4.78 is 5.14. The molecule has 0 spiro atoms. The first-order valence-electron chi connectivity index (χ1n) is 10.1. The summed E-state index contributed by atoms with van der Waals surface area (Å²) in [6, 6.07) is 8.54. The molecule has 156 valence electrons. The van der Waals surface area contributed by atoms with E-state index in [1.165, 1.54) is 11.1 Å². The first-order chi connectivity index (χ1) is 13.5. The lowest BCUT2D eigenvalue weighted by atomic mass is 10.0. The highest BCUT2D eigenvalue weighted by Gasteiger charge is 2.18. The maximum Gasteiger partial charge on any atom is 0.303 e. The zero-order chi connectivity index (χ0) is 20.6. The number of thioether (sulfide) groups is 1. The van der Waals surface area contributed by atoms with Gasteiger partial charge in [0.15, 0.2) is 0 Å². The van der Waals surface area contributed by atoms with Crippen LogP contribution in [0, 0.1) is 5.92 Å². The highest BCUT2D eigenvalue weighted by molar-refractivity contribution is 7.99. The summed E-state index contributed by atoms with van der Waals surface area (Å²) in [7, 11) is 1.72. The van der Waals surface area contributed by atoms with Gasteiger partial charge in [-0.25, -0.2) is 0 Å². The molecule has 0 heterocycles. The molecule has 1 saturated carbocycles. The van der Waals surface area contributed by atoms with Crippen molar-refractivity contribution >= 4 is 23.5 Å². The van der Waals surface area contributed by atoms with Crippen LogP contribution in [0.2, 0.25) is 0 Å². The summed E-state index contributed by atoms with van der Waals surface area (Å²) in [5.41, 5.74) is 2.58. The minimum Gasteiger partial charge on any atom is -0.481 e. The average molecular weight is 407 g/mol. The number of benzene rings is 1. The van der Waals surface area contributed by atoms with E-state index in [9.17, 15) is 9.59 Å². The third-order valence-corrected chi connectivity index (χ3v) is 5.46. The molecule has 0 saturated heterocycles. The molecule has 1 aromatic rings. The molecule has 2 rings (SSSR count). The van der Waals surface area contributed by atoms with E-state index in [1.807, 2.05) is 0 Å². The number of rotatable bonds is 11. The summed E-state index contributed by atoms with van der Waals surface area (Å²) in [4.78, 5) is 21.1. The van der Waals surface area contributed by atoms with Gasteiger partial charge in [-0.15, -0.1) is 0 Å². The van der Waals surface area contributed by atoms with Crippen LogP contribution in [0.5, 0.6) is 0 Å². The van der Waals surface area contributed by atoms with Crippen molar-refractivity contribution < 1.29 is 19.4 Å². The molecule has 0 aliphatic heterocycles. The summed E-state index contributed by atoms with van der Waals surface area (Å²) in [6.45, 7) is 2.75. The van der Waals surface area contributed by atoms with Crippen LogP contribution in [-0.2, 0) is 27.4 Å². The number of carboxylic acid groups (broad SMARTS) is 1. The van der Waals surface area contributed by atoms with Crippen molar-refractivity contribution in [3.05, 3.63) is 47.5 Å². The SMILES string of the molecule is CCSCCCC(=O)O.COCc1cccc(CC/C=C/[C@H]2CCC(=O)C2)c1. The van der Waals surface area contributed by atoms with Crippen LogP contribution in [0.4, 0.5) is 0 Å². The van der Waals surface area contributed by atoms with Gasteiger partial charge in [0.05, 0.1) is 6.61 Å². The Bertz CT molecular complexity index is 612. The van der Waals surface area contributed by atoms with Gasteiger partial charge in [-0.05, 0) is 54.2 Å². The number of Topliss-reactive ketones (excluding diaryl/α,β-unsaturated/α-hetero) is 1. The predicted octanol–water partition coefficient (Wildman–Crippen LogP) is 5.30. The number of carboxylic acids is 1. The molecule has 1 atom stereocenters. The van der Waals surface area contributed by atoms with Crippen molar-refractivity contribution in [2.24, 2.45) is 5.92 Å². The number of carbonyl (C=O) groups excluding carboxylic acids is 1. The van der Waals surface area contributed by atoms with Crippen LogP contribution in [-0.4, -0.2) is 35.5 Å². The van der Waals surface area contributed by atoms with Crippen molar-refractivity contribution in [2.75, 3.05) is 18.6 Å². The lowest BCUT2D eigenvalue weighted by Gasteiger charge is -2.04. The fraction of sp³-hybridized carbons (Fsp3) is 0.565. The predicted molar refractivity (Wildman–Crippen MR) is 117 cm³/mol. The van der Waals surface area contributed by atoms with Crippen LogP contribution < -0.4 is 0 Å². The van der Waals surface area contributed by atoms with E-state index in [4.69, 9.17) is 9.84 Å². The molecule has 1 aromatic carbocycles. The number of allylic oxidation sites excluding steroid dienone is 2.